The summed E-state index contributed by atoms with van der Waals surface area (Å²) in [6.45, 7) is 3.76. The average molecular weight is 725 g/mol. The van der Waals surface area contributed by atoms with Crippen LogP contribution in [-0.2, 0) is 43.2 Å². The van der Waals surface area contributed by atoms with Crippen LogP contribution in [-0.4, -0.2) is 136 Å². The van der Waals surface area contributed by atoms with E-state index in [2.05, 4.69) is 26.6 Å². The minimum absolute atomic E-state index is 0.0810. The van der Waals surface area contributed by atoms with Gasteiger partial charge in [-0.05, 0) is 57.8 Å². The maximum Gasteiger partial charge on any atom is 0.303 e. The Bertz CT molecular complexity index is 1300. The molecule has 7 amide bonds. The van der Waals surface area contributed by atoms with Crippen molar-refractivity contribution in [3.63, 3.8) is 0 Å². The minimum Gasteiger partial charge on any atom is -0.481 e. The number of hydrogen-bond donors (Lipinski definition) is 8. The lowest BCUT2D eigenvalue weighted by atomic mass is 10.1. The number of rotatable bonds is 21. The highest BCUT2D eigenvalue weighted by Crippen LogP contribution is 2.19. The molecule has 0 saturated carbocycles. The van der Waals surface area contributed by atoms with Crippen LogP contribution in [0.4, 0.5) is 0 Å². The van der Waals surface area contributed by atoms with E-state index >= 15 is 0 Å². The van der Waals surface area contributed by atoms with Gasteiger partial charge in [0.1, 0.15) is 30.2 Å². The molecule has 2 rings (SSSR count). The van der Waals surface area contributed by atoms with Gasteiger partial charge in [0.25, 0.3) is 0 Å². The Balaban J connectivity index is 2.02. The lowest BCUT2D eigenvalue weighted by Crippen LogP contribution is -2.56. The largest absolute Gasteiger partial charge is 0.481 e. The highest BCUT2D eigenvalue weighted by molar-refractivity contribution is 5.95. The van der Waals surface area contributed by atoms with E-state index in [0.29, 0.717) is 51.6 Å². The molecule has 2 fully saturated rings. The van der Waals surface area contributed by atoms with Gasteiger partial charge in [-0.15, -0.1) is 0 Å². The van der Waals surface area contributed by atoms with Crippen LogP contribution < -0.4 is 32.3 Å². The topological polar surface area (TPSA) is 287 Å². The summed E-state index contributed by atoms with van der Waals surface area (Å²) < 4.78 is 0. The Hall–Kier alpha value is -4.81. The fourth-order valence-corrected chi connectivity index (χ4v) is 6.11. The maximum absolute atomic E-state index is 13.4. The summed E-state index contributed by atoms with van der Waals surface area (Å²) in [5, 5.41) is 31.3. The highest BCUT2D eigenvalue weighted by atomic mass is 16.4. The summed E-state index contributed by atoms with van der Waals surface area (Å²) in [5.41, 5.74) is 5.51. The van der Waals surface area contributed by atoms with E-state index in [-0.39, 0.29) is 57.1 Å². The molecule has 286 valence electrons. The Labute approximate surface area is 296 Å². The molecule has 0 aromatic carbocycles. The van der Waals surface area contributed by atoms with Crippen LogP contribution in [0.2, 0.25) is 0 Å². The van der Waals surface area contributed by atoms with E-state index in [1.165, 1.54) is 23.6 Å². The molecular formula is C32H52N8O11. The first-order valence-electron chi connectivity index (χ1n) is 17.3. The van der Waals surface area contributed by atoms with Crippen molar-refractivity contribution >= 4 is 53.3 Å². The van der Waals surface area contributed by atoms with Crippen molar-refractivity contribution in [2.45, 2.75) is 115 Å². The Morgan fingerprint density at radius 3 is 1.49 bits per heavy atom. The summed E-state index contributed by atoms with van der Waals surface area (Å²) in [4.78, 5) is 114. The van der Waals surface area contributed by atoms with Crippen LogP contribution in [0.3, 0.4) is 0 Å². The van der Waals surface area contributed by atoms with Crippen molar-refractivity contribution in [1.82, 2.24) is 36.4 Å². The van der Waals surface area contributed by atoms with E-state index in [0.717, 1.165) is 0 Å². The second kappa shape index (κ2) is 21.4. The van der Waals surface area contributed by atoms with Crippen LogP contribution in [0.15, 0.2) is 0 Å². The van der Waals surface area contributed by atoms with Crippen LogP contribution in [0, 0.1) is 0 Å². The quantitative estimate of drug-likeness (QED) is 0.0573. The number of unbranched alkanes of at least 4 members (excludes halogenated alkanes) is 1. The average Bonchev–Trinajstić information content (AvgIpc) is 3.77. The third-order valence-electron chi connectivity index (χ3n) is 8.77. The van der Waals surface area contributed by atoms with Gasteiger partial charge in [0.05, 0.1) is 0 Å². The Morgan fingerprint density at radius 1 is 0.627 bits per heavy atom. The third-order valence-corrected chi connectivity index (χ3v) is 8.77. The van der Waals surface area contributed by atoms with Crippen molar-refractivity contribution in [3.8, 4) is 0 Å². The number of hydrogen-bond acceptors (Lipinski definition) is 10. The standard InChI is InChI=1S/C32H52N8O11/c1-19(41)39-17-5-8-24(39)31(50)37-22(10-12-26(43)44)29(48)34-15-4-3-7-21(28(47)35-16-14-33)36-30(49)23(11-13-27(45)46)38-32(51)25-9-6-18-40(25)20(2)42/h21-25H,3-18,33H2,1-2H3,(H,34,48)(H,35,47)(H,36,49)(H,37,50)(H,38,51)(H,43,44)(H,45,46). The molecule has 19 nitrogen and oxygen atoms in total. The van der Waals surface area contributed by atoms with Gasteiger partial charge in [-0.2, -0.15) is 0 Å². The van der Waals surface area contributed by atoms with Gasteiger partial charge in [-0.25, -0.2) is 0 Å². The number of likely N-dealkylation sites (tertiary alicyclic amines) is 2. The van der Waals surface area contributed by atoms with Crippen LogP contribution in [0.1, 0.15) is 84.5 Å². The predicted octanol–water partition coefficient (Wildman–Crippen LogP) is -2.45. The molecule has 19 heteroatoms. The first-order chi connectivity index (χ1) is 24.2. The van der Waals surface area contributed by atoms with E-state index in [1.807, 2.05) is 0 Å². The van der Waals surface area contributed by atoms with E-state index in [9.17, 15) is 48.3 Å². The molecule has 2 heterocycles. The summed E-state index contributed by atoms with van der Waals surface area (Å²) in [7, 11) is 0. The zero-order valence-electron chi connectivity index (χ0n) is 29.2. The first kappa shape index (κ1) is 42.4. The number of nitrogens with one attached hydrogen (secondary N) is 5. The molecule has 0 aliphatic carbocycles. The van der Waals surface area contributed by atoms with Gasteiger partial charge in [-0.1, -0.05) is 0 Å². The number of amides is 7. The fourth-order valence-electron chi connectivity index (χ4n) is 6.11. The van der Waals surface area contributed by atoms with Crippen LogP contribution >= 0.6 is 0 Å². The van der Waals surface area contributed by atoms with Crippen molar-refractivity contribution in [1.29, 1.82) is 0 Å². The van der Waals surface area contributed by atoms with E-state index in [4.69, 9.17) is 10.8 Å². The third kappa shape index (κ3) is 14.1. The molecule has 0 aromatic heterocycles. The van der Waals surface area contributed by atoms with E-state index in [1.54, 1.807) is 0 Å². The molecule has 2 aliphatic rings. The maximum atomic E-state index is 13.4. The molecule has 0 aromatic rings. The molecule has 0 spiro atoms. The van der Waals surface area contributed by atoms with Gasteiger partial charge < -0.3 is 52.3 Å². The molecule has 51 heavy (non-hydrogen) atoms. The SMILES string of the molecule is CC(=O)N1CCCC1C(=O)NC(CCC(=O)O)C(=O)NCCCCC(NC(=O)C(CCC(=O)O)NC(=O)C1CCCN1C(C)=O)C(=O)NCCN. The monoisotopic (exact) mass is 724 g/mol. The Kier molecular flexibility index (Phi) is 17.8. The summed E-state index contributed by atoms with van der Waals surface area (Å²) in [6.07, 6.45) is 1.41. The lowest BCUT2D eigenvalue weighted by molar-refractivity contribution is -0.140. The Morgan fingerprint density at radius 2 is 1.06 bits per heavy atom. The lowest BCUT2D eigenvalue weighted by Gasteiger charge is -2.26. The molecule has 5 unspecified atom stereocenters. The highest BCUT2D eigenvalue weighted by Gasteiger charge is 2.36. The molecule has 9 N–H and O–H groups in total. The van der Waals surface area contributed by atoms with Gasteiger partial charge in [0.2, 0.25) is 41.4 Å². The van der Waals surface area contributed by atoms with Crippen molar-refractivity contribution < 1.29 is 53.4 Å². The second-order valence-electron chi connectivity index (χ2n) is 12.7. The molecule has 0 radical (unpaired) electrons. The van der Waals surface area contributed by atoms with Gasteiger partial charge in [0.15, 0.2) is 0 Å². The number of carbonyl (C=O) groups is 9. The van der Waals surface area contributed by atoms with Gasteiger partial charge >= 0.3 is 11.9 Å². The van der Waals surface area contributed by atoms with E-state index < -0.39 is 78.1 Å². The molecular weight excluding hydrogens is 672 g/mol. The van der Waals surface area contributed by atoms with Crippen molar-refractivity contribution in [2.75, 3.05) is 32.7 Å². The molecule has 5 atom stereocenters. The number of carboxylic acid groups (broad SMARTS) is 2. The normalized spacial score (nSPS) is 18.6. The van der Waals surface area contributed by atoms with Gasteiger partial charge in [-0.3, -0.25) is 43.2 Å². The minimum atomic E-state index is -1.31. The summed E-state index contributed by atoms with van der Waals surface area (Å²) in [6, 6.07) is -5.15. The summed E-state index contributed by atoms with van der Waals surface area (Å²) >= 11 is 0. The smallest absolute Gasteiger partial charge is 0.303 e. The van der Waals surface area contributed by atoms with Gasteiger partial charge in [0, 0.05) is 59.4 Å². The second-order valence-corrected chi connectivity index (χ2v) is 12.7. The van der Waals surface area contributed by atoms with Crippen LogP contribution in [0.5, 0.6) is 0 Å². The number of carboxylic acids is 2. The van der Waals surface area contributed by atoms with Crippen molar-refractivity contribution in [2.24, 2.45) is 5.73 Å². The number of aliphatic carboxylic acids is 2. The molecule has 0 bridgehead atoms. The predicted molar refractivity (Wildman–Crippen MR) is 179 cm³/mol. The zero-order chi connectivity index (χ0) is 38.1. The number of nitrogens with zero attached hydrogens (tertiary/aromatic N) is 2. The van der Waals surface area contributed by atoms with Crippen LogP contribution in [0.25, 0.3) is 0 Å². The summed E-state index contributed by atoms with van der Waals surface area (Å²) in [5.74, 6) is -6.08. The number of carbonyl (C=O) groups excluding carboxylic acids is 7. The number of nitrogens with two attached hydrogens (primary N) is 1. The zero-order valence-corrected chi connectivity index (χ0v) is 29.2. The molecule has 2 aliphatic heterocycles. The first-order valence-corrected chi connectivity index (χ1v) is 17.3. The molecule has 2 saturated heterocycles. The fraction of sp³-hybridized carbons (Fsp3) is 0.719. The van der Waals surface area contributed by atoms with Crippen molar-refractivity contribution in [3.05, 3.63) is 0 Å².